The van der Waals surface area contributed by atoms with Gasteiger partial charge >= 0.3 is 0 Å². The molecule has 1 aliphatic carbocycles. The average molecular weight is 230 g/mol. The topological polar surface area (TPSA) is 43.8 Å². The Balaban J connectivity index is 2.26. The molecule has 0 aliphatic heterocycles. The summed E-state index contributed by atoms with van der Waals surface area (Å²) >= 11 is 3.44. The maximum absolute atomic E-state index is 5.68. The number of nitrogens with two attached hydrogens (primary N) is 1. The highest BCUT2D eigenvalue weighted by atomic mass is 79.9. The number of hydrogen-bond donors (Lipinski definition) is 1. The second-order valence-corrected chi connectivity index (χ2v) is 4.02. The van der Waals surface area contributed by atoms with E-state index in [1.54, 1.807) is 6.20 Å². The lowest BCUT2D eigenvalue weighted by Crippen LogP contribution is -2.06. The van der Waals surface area contributed by atoms with Crippen LogP contribution in [0.3, 0.4) is 0 Å². The molecule has 1 saturated carbocycles. The van der Waals surface area contributed by atoms with E-state index in [2.05, 4.69) is 21.0 Å². The molecule has 0 radical (unpaired) electrons. The van der Waals surface area contributed by atoms with Gasteiger partial charge < -0.3 is 5.73 Å². The van der Waals surface area contributed by atoms with Gasteiger partial charge in [0.05, 0.1) is 17.9 Å². The molecular weight excluding hydrogens is 218 g/mol. The fraction of sp³-hybridized carbons (Fsp3) is 0.625. The van der Waals surface area contributed by atoms with Crippen molar-refractivity contribution in [2.45, 2.75) is 31.7 Å². The van der Waals surface area contributed by atoms with Gasteiger partial charge in [-0.15, -0.1) is 0 Å². The van der Waals surface area contributed by atoms with Crippen LogP contribution < -0.4 is 5.73 Å². The Labute approximate surface area is 80.1 Å². The summed E-state index contributed by atoms with van der Waals surface area (Å²) in [6, 6.07) is 0.566. The first-order valence-corrected chi connectivity index (χ1v) is 5.07. The molecule has 0 aromatic carbocycles. The van der Waals surface area contributed by atoms with Gasteiger partial charge in [-0.2, -0.15) is 5.10 Å². The van der Waals surface area contributed by atoms with Crippen molar-refractivity contribution in [2.75, 3.05) is 5.73 Å². The monoisotopic (exact) mass is 229 g/mol. The van der Waals surface area contributed by atoms with Crippen LogP contribution in [0.2, 0.25) is 0 Å². The Kier molecular flexibility index (Phi) is 2.09. The Hall–Kier alpha value is -0.510. The number of nitrogen functional groups attached to an aromatic ring is 1. The molecular formula is C8H12BrN3. The van der Waals surface area contributed by atoms with Gasteiger partial charge in [-0.1, -0.05) is 12.8 Å². The first-order valence-electron chi connectivity index (χ1n) is 4.27. The van der Waals surface area contributed by atoms with E-state index < -0.39 is 0 Å². The van der Waals surface area contributed by atoms with Crippen molar-refractivity contribution in [3.8, 4) is 0 Å². The van der Waals surface area contributed by atoms with Gasteiger partial charge in [0.25, 0.3) is 0 Å². The van der Waals surface area contributed by atoms with Crippen molar-refractivity contribution in [3.63, 3.8) is 0 Å². The van der Waals surface area contributed by atoms with Crippen molar-refractivity contribution < 1.29 is 0 Å². The summed E-state index contributed by atoms with van der Waals surface area (Å²) in [5.74, 6) is 0. The highest BCUT2D eigenvalue weighted by Crippen LogP contribution is 2.33. The quantitative estimate of drug-likeness (QED) is 0.804. The first-order chi connectivity index (χ1) is 5.79. The number of aromatic nitrogens is 2. The lowest BCUT2D eigenvalue weighted by molar-refractivity contribution is 0.459. The molecule has 0 atom stereocenters. The summed E-state index contributed by atoms with van der Waals surface area (Å²) in [7, 11) is 0. The van der Waals surface area contributed by atoms with Gasteiger partial charge in [0, 0.05) is 0 Å². The Morgan fingerprint density at radius 3 is 2.67 bits per heavy atom. The van der Waals surface area contributed by atoms with Crippen molar-refractivity contribution in [3.05, 3.63) is 10.8 Å². The number of rotatable bonds is 1. The van der Waals surface area contributed by atoms with Crippen LogP contribution in [0.1, 0.15) is 31.7 Å². The zero-order valence-electron chi connectivity index (χ0n) is 6.83. The molecule has 0 bridgehead atoms. The van der Waals surface area contributed by atoms with E-state index in [0.717, 1.165) is 10.3 Å². The van der Waals surface area contributed by atoms with Gasteiger partial charge in [0.2, 0.25) is 0 Å². The molecule has 0 saturated heterocycles. The van der Waals surface area contributed by atoms with E-state index in [0.29, 0.717) is 6.04 Å². The van der Waals surface area contributed by atoms with Gasteiger partial charge in [-0.05, 0) is 28.8 Å². The molecule has 12 heavy (non-hydrogen) atoms. The molecule has 1 heterocycles. The normalized spacial score (nSPS) is 18.8. The van der Waals surface area contributed by atoms with Crippen molar-refractivity contribution in [1.82, 2.24) is 9.78 Å². The van der Waals surface area contributed by atoms with Crippen LogP contribution in [-0.4, -0.2) is 9.78 Å². The van der Waals surface area contributed by atoms with E-state index in [1.165, 1.54) is 25.7 Å². The summed E-state index contributed by atoms with van der Waals surface area (Å²) in [5.41, 5.74) is 6.42. The van der Waals surface area contributed by atoms with Crippen LogP contribution in [-0.2, 0) is 0 Å². The third-order valence-electron chi connectivity index (χ3n) is 2.43. The van der Waals surface area contributed by atoms with Crippen LogP contribution in [0.25, 0.3) is 0 Å². The summed E-state index contributed by atoms with van der Waals surface area (Å²) in [6.45, 7) is 0. The van der Waals surface area contributed by atoms with Crippen molar-refractivity contribution in [1.29, 1.82) is 0 Å². The molecule has 0 spiro atoms. The minimum Gasteiger partial charge on any atom is -0.395 e. The minimum absolute atomic E-state index is 0.566. The smallest absolute Gasteiger partial charge is 0.127 e. The summed E-state index contributed by atoms with van der Waals surface area (Å²) in [4.78, 5) is 0. The predicted molar refractivity (Wildman–Crippen MR) is 51.8 cm³/mol. The standard InChI is InChI=1S/C8H12BrN3/c9-8-7(10)5-11-12(8)6-3-1-2-4-6/h5-6H,1-4,10H2. The van der Waals surface area contributed by atoms with Gasteiger partial charge in [0.1, 0.15) is 4.60 Å². The fourth-order valence-corrected chi connectivity index (χ4v) is 2.25. The summed E-state index contributed by atoms with van der Waals surface area (Å²) in [6.07, 6.45) is 6.82. The average Bonchev–Trinajstić information content (AvgIpc) is 2.64. The Morgan fingerprint density at radius 2 is 2.17 bits per heavy atom. The Bertz CT molecular complexity index is 276. The van der Waals surface area contributed by atoms with Gasteiger partial charge in [-0.25, -0.2) is 0 Å². The lowest BCUT2D eigenvalue weighted by Gasteiger charge is -2.10. The second kappa shape index (κ2) is 3.09. The second-order valence-electron chi connectivity index (χ2n) is 3.27. The van der Waals surface area contributed by atoms with E-state index in [9.17, 15) is 0 Å². The SMILES string of the molecule is Nc1cnn(C2CCCC2)c1Br. The predicted octanol–water partition coefficient (Wildman–Crippen LogP) is 2.34. The third-order valence-corrected chi connectivity index (χ3v) is 3.25. The van der Waals surface area contributed by atoms with Crippen molar-refractivity contribution >= 4 is 21.6 Å². The van der Waals surface area contributed by atoms with E-state index >= 15 is 0 Å². The van der Waals surface area contributed by atoms with Crippen molar-refractivity contribution in [2.24, 2.45) is 0 Å². The fourth-order valence-electron chi connectivity index (χ4n) is 1.76. The number of anilines is 1. The molecule has 1 aliphatic rings. The summed E-state index contributed by atoms with van der Waals surface area (Å²) < 4.78 is 2.94. The zero-order valence-corrected chi connectivity index (χ0v) is 8.42. The van der Waals surface area contributed by atoms with Crippen LogP contribution >= 0.6 is 15.9 Å². The highest BCUT2D eigenvalue weighted by Gasteiger charge is 2.19. The molecule has 66 valence electrons. The molecule has 3 nitrogen and oxygen atoms in total. The molecule has 1 fully saturated rings. The molecule has 1 aromatic rings. The van der Waals surface area contributed by atoms with E-state index in [-0.39, 0.29) is 0 Å². The van der Waals surface area contributed by atoms with E-state index in [4.69, 9.17) is 5.73 Å². The van der Waals surface area contributed by atoms with Gasteiger partial charge in [-0.3, -0.25) is 4.68 Å². The maximum atomic E-state index is 5.68. The maximum Gasteiger partial charge on any atom is 0.127 e. The lowest BCUT2D eigenvalue weighted by atomic mass is 10.3. The van der Waals surface area contributed by atoms with Crippen LogP contribution in [0.15, 0.2) is 10.8 Å². The molecule has 2 rings (SSSR count). The van der Waals surface area contributed by atoms with Crippen LogP contribution in [0, 0.1) is 0 Å². The minimum atomic E-state index is 0.566. The van der Waals surface area contributed by atoms with Gasteiger partial charge in [0.15, 0.2) is 0 Å². The molecule has 1 aromatic heterocycles. The highest BCUT2D eigenvalue weighted by molar-refractivity contribution is 9.10. The number of nitrogens with zero attached hydrogens (tertiary/aromatic N) is 2. The Morgan fingerprint density at radius 1 is 1.50 bits per heavy atom. The molecule has 2 N–H and O–H groups in total. The molecule has 4 heteroatoms. The zero-order chi connectivity index (χ0) is 8.55. The molecule has 0 amide bonds. The van der Waals surface area contributed by atoms with Crippen LogP contribution in [0.5, 0.6) is 0 Å². The third kappa shape index (κ3) is 1.24. The first kappa shape index (κ1) is 8.10. The number of halogens is 1. The summed E-state index contributed by atoms with van der Waals surface area (Å²) in [5, 5.41) is 4.24. The largest absolute Gasteiger partial charge is 0.395 e. The molecule has 0 unspecified atom stereocenters. The van der Waals surface area contributed by atoms with Crippen LogP contribution in [0.4, 0.5) is 5.69 Å². The van der Waals surface area contributed by atoms with E-state index in [1.807, 2.05) is 4.68 Å². The number of hydrogen-bond acceptors (Lipinski definition) is 2.